The standard InChI is InChI=1S/C32H38Si/c1-4-6-9-25-14-18-27(19-15-25)30-11-8-12-31(33-29-22-13-24(3)23-29)32(30)28-20-16-26(17-21-28)10-7-5-2/h8,11-21,23H,4-7,9-10,22,33H2,1-3H3. The van der Waals surface area contributed by atoms with Crippen molar-refractivity contribution in [1.82, 2.24) is 0 Å². The van der Waals surface area contributed by atoms with E-state index in [-0.39, 0.29) is 0 Å². The van der Waals surface area contributed by atoms with Gasteiger partial charge in [0.05, 0.1) is 9.52 Å². The van der Waals surface area contributed by atoms with Gasteiger partial charge in [-0.2, -0.15) is 0 Å². The molecule has 33 heavy (non-hydrogen) atoms. The van der Waals surface area contributed by atoms with Crippen LogP contribution in [0, 0.1) is 0 Å². The third kappa shape index (κ3) is 6.03. The van der Waals surface area contributed by atoms with Crippen LogP contribution in [-0.4, -0.2) is 9.52 Å². The van der Waals surface area contributed by atoms with Gasteiger partial charge >= 0.3 is 0 Å². The van der Waals surface area contributed by atoms with Crippen LogP contribution in [0.5, 0.6) is 0 Å². The Morgan fingerprint density at radius 1 is 0.727 bits per heavy atom. The molecule has 1 heteroatoms. The molecule has 0 fully saturated rings. The third-order valence-corrected chi connectivity index (χ3v) is 8.75. The van der Waals surface area contributed by atoms with Crippen LogP contribution in [0.1, 0.15) is 64.0 Å². The van der Waals surface area contributed by atoms with E-state index in [1.807, 2.05) is 0 Å². The molecule has 3 aromatic rings. The lowest BCUT2D eigenvalue weighted by molar-refractivity contribution is 0.795. The van der Waals surface area contributed by atoms with Crippen LogP contribution in [0.25, 0.3) is 22.3 Å². The number of hydrogen-bond acceptors (Lipinski definition) is 0. The van der Waals surface area contributed by atoms with Gasteiger partial charge in [0.15, 0.2) is 0 Å². The van der Waals surface area contributed by atoms with Crippen LogP contribution in [0.15, 0.2) is 89.7 Å². The van der Waals surface area contributed by atoms with Gasteiger partial charge in [0, 0.05) is 0 Å². The topological polar surface area (TPSA) is 0 Å². The summed E-state index contributed by atoms with van der Waals surface area (Å²) in [6, 6.07) is 25.8. The molecule has 0 nitrogen and oxygen atoms in total. The van der Waals surface area contributed by atoms with E-state index in [2.05, 4.69) is 99.7 Å². The summed E-state index contributed by atoms with van der Waals surface area (Å²) in [6.45, 7) is 6.76. The Bertz CT molecular complexity index is 1110. The van der Waals surface area contributed by atoms with Crippen molar-refractivity contribution in [3.63, 3.8) is 0 Å². The zero-order chi connectivity index (χ0) is 23.0. The first-order valence-electron chi connectivity index (χ1n) is 12.8. The maximum absolute atomic E-state index is 2.43. The smallest absolute Gasteiger partial charge is 0.0786 e. The van der Waals surface area contributed by atoms with E-state index < -0.39 is 9.52 Å². The van der Waals surface area contributed by atoms with E-state index in [0.29, 0.717) is 0 Å². The molecule has 0 bridgehead atoms. The zero-order valence-electron chi connectivity index (χ0n) is 20.7. The van der Waals surface area contributed by atoms with Crippen LogP contribution in [0.2, 0.25) is 0 Å². The largest absolute Gasteiger partial charge is 0.0836 e. The summed E-state index contributed by atoms with van der Waals surface area (Å²) in [5.74, 6) is 0. The normalized spacial score (nSPS) is 13.5. The molecular weight excluding hydrogens is 412 g/mol. The second-order valence-electron chi connectivity index (χ2n) is 9.57. The number of aryl methyl sites for hydroxylation is 2. The molecule has 0 amide bonds. The molecule has 1 aliphatic rings. The van der Waals surface area contributed by atoms with Gasteiger partial charge in [0.25, 0.3) is 0 Å². The minimum Gasteiger partial charge on any atom is -0.0786 e. The summed E-state index contributed by atoms with van der Waals surface area (Å²) in [6.07, 6.45) is 13.3. The van der Waals surface area contributed by atoms with Crippen molar-refractivity contribution in [3.8, 4) is 22.3 Å². The minimum atomic E-state index is -0.499. The quantitative estimate of drug-likeness (QED) is 0.277. The van der Waals surface area contributed by atoms with Gasteiger partial charge in [-0.1, -0.05) is 122 Å². The number of allylic oxidation sites excluding steroid dienone is 4. The van der Waals surface area contributed by atoms with Gasteiger partial charge in [-0.25, -0.2) is 0 Å². The summed E-state index contributed by atoms with van der Waals surface area (Å²) in [7, 11) is -0.499. The lowest BCUT2D eigenvalue weighted by Gasteiger charge is -2.17. The summed E-state index contributed by atoms with van der Waals surface area (Å²) in [4.78, 5) is 0. The van der Waals surface area contributed by atoms with Gasteiger partial charge in [0.1, 0.15) is 0 Å². The lowest BCUT2D eigenvalue weighted by atomic mass is 9.92. The van der Waals surface area contributed by atoms with Crippen LogP contribution in [0.3, 0.4) is 0 Å². The van der Waals surface area contributed by atoms with E-state index in [0.717, 1.165) is 6.42 Å². The Kier molecular flexibility index (Phi) is 8.18. The molecular formula is C32H38Si. The van der Waals surface area contributed by atoms with Crippen molar-refractivity contribution in [1.29, 1.82) is 0 Å². The molecule has 0 saturated heterocycles. The van der Waals surface area contributed by atoms with Crippen molar-refractivity contribution in [2.24, 2.45) is 0 Å². The Labute approximate surface area is 203 Å². The summed E-state index contributed by atoms with van der Waals surface area (Å²) in [5, 5.41) is 3.22. The number of rotatable bonds is 10. The van der Waals surface area contributed by atoms with Gasteiger partial charge in [-0.15, -0.1) is 0 Å². The molecule has 3 aromatic carbocycles. The molecule has 0 spiro atoms. The first-order chi connectivity index (χ1) is 16.2. The average Bonchev–Trinajstić information content (AvgIpc) is 3.26. The molecule has 1 aliphatic carbocycles. The van der Waals surface area contributed by atoms with E-state index >= 15 is 0 Å². The molecule has 170 valence electrons. The number of unbranched alkanes of at least 4 members (excludes halogenated alkanes) is 2. The maximum Gasteiger partial charge on any atom is 0.0836 e. The van der Waals surface area contributed by atoms with Crippen LogP contribution in [-0.2, 0) is 12.8 Å². The fraction of sp³-hybridized carbons (Fsp3) is 0.312. The Morgan fingerprint density at radius 3 is 1.88 bits per heavy atom. The van der Waals surface area contributed by atoms with E-state index in [9.17, 15) is 0 Å². The highest BCUT2D eigenvalue weighted by molar-refractivity contribution is 6.63. The summed E-state index contributed by atoms with van der Waals surface area (Å²) >= 11 is 0. The van der Waals surface area contributed by atoms with E-state index in [4.69, 9.17) is 0 Å². The Hall–Kier alpha value is -2.64. The van der Waals surface area contributed by atoms with Gasteiger partial charge < -0.3 is 0 Å². The predicted molar refractivity (Wildman–Crippen MR) is 149 cm³/mol. The molecule has 0 saturated carbocycles. The molecule has 0 aliphatic heterocycles. The highest BCUT2D eigenvalue weighted by Crippen LogP contribution is 2.32. The zero-order valence-corrected chi connectivity index (χ0v) is 22.1. The van der Waals surface area contributed by atoms with Gasteiger partial charge in [-0.3, -0.25) is 0 Å². The maximum atomic E-state index is 2.43. The second kappa shape index (κ2) is 11.5. The van der Waals surface area contributed by atoms with Crippen LogP contribution in [0.4, 0.5) is 0 Å². The molecule has 0 N–H and O–H groups in total. The van der Waals surface area contributed by atoms with Crippen molar-refractivity contribution in [2.75, 3.05) is 0 Å². The first kappa shape index (κ1) is 23.5. The van der Waals surface area contributed by atoms with Crippen molar-refractivity contribution in [2.45, 2.75) is 65.7 Å². The molecule has 0 atom stereocenters. The Balaban J connectivity index is 1.73. The Morgan fingerprint density at radius 2 is 1.33 bits per heavy atom. The average molecular weight is 451 g/mol. The predicted octanol–water partition coefficient (Wildman–Crippen LogP) is 7.73. The second-order valence-corrected chi connectivity index (χ2v) is 11.6. The molecule has 0 unspecified atom stereocenters. The van der Waals surface area contributed by atoms with Gasteiger partial charge in [0.2, 0.25) is 0 Å². The minimum absolute atomic E-state index is 0.499. The fourth-order valence-electron chi connectivity index (χ4n) is 4.88. The van der Waals surface area contributed by atoms with Crippen molar-refractivity contribution >= 4 is 14.7 Å². The number of hydrogen-bond donors (Lipinski definition) is 0. The van der Waals surface area contributed by atoms with Crippen LogP contribution >= 0.6 is 0 Å². The summed E-state index contributed by atoms with van der Waals surface area (Å²) in [5.41, 5.74) is 9.88. The molecule has 0 heterocycles. The monoisotopic (exact) mass is 450 g/mol. The highest BCUT2D eigenvalue weighted by atomic mass is 28.2. The number of benzene rings is 3. The van der Waals surface area contributed by atoms with Gasteiger partial charge in [-0.05, 0) is 72.4 Å². The fourth-order valence-corrected chi connectivity index (χ4v) is 6.91. The highest BCUT2D eigenvalue weighted by Gasteiger charge is 2.15. The summed E-state index contributed by atoms with van der Waals surface area (Å²) < 4.78 is 0. The first-order valence-corrected chi connectivity index (χ1v) is 14.3. The van der Waals surface area contributed by atoms with Crippen molar-refractivity contribution in [3.05, 3.63) is 101 Å². The third-order valence-electron chi connectivity index (χ3n) is 6.83. The lowest BCUT2D eigenvalue weighted by Crippen LogP contribution is -2.19. The van der Waals surface area contributed by atoms with E-state index in [1.165, 1.54) is 77.5 Å². The van der Waals surface area contributed by atoms with Crippen LogP contribution < -0.4 is 5.19 Å². The SMILES string of the molecule is CCCCc1ccc(-c2cccc([SiH2]C3=CC(C)=CC3)c2-c2ccc(CCCC)cc2)cc1. The van der Waals surface area contributed by atoms with Crippen molar-refractivity contribution < 1.29 is 0 Å². The molecule has 0 radical (unpaired) electrons. The molecule has 4 rings (SSSR count). The van der Waals surface area contributed by atoms with E-state index in [1.54, 1.807) is 10.4 Å². The molecule has 0 aromatic heterocycles.